The van der Waals surface area contributed by atoms with Gasteiger partial charge in [-0.3, -0.25) is 4.79 Å². The first-order valence-corrected chi connectivity index (χ1v) is 6.70. The number of aromatic nitrogens is 1. The molecule has 1 aliphatic heterocycles. The molecule has 2 heterocycles. The van der Waals surface area contributed by atoms with E-state index < -0.39 is 0 Å². The van der Waals surface area contributed by atoms with Gasteiger partial charge in [0.25, 0.3) is 5.91 Å². The first kappa shape index (κ1) is 12.1. The first-order valence-electron chi connectivity index (χ1n) is 6.70. The third kappa shape index (κ3) is 2.74. The minimum Gasteiger partial charge on any atom is -0.348 e. The average molecular weight is 255 g/mol. The molecule has 2 aromatic rings. The summed E-state index contributed by atoms with van der Waals surface area (Å²) in [7, 11) is 0. The zero-order valence-corrected chi connectivity index (χ0v) is 10.7. The highest BCUT2D eigenvalue weighted by atomic mass is 16.1. The van der Waals surface area contributed by atoms with Crippen LogP contribution in [0, 0.1) is 0 Å². The number of hydrogen-bond acceptors (Lipinski definition) is 3. The predicted molar refractivity (Wildman–Crippen MR) is 75.1 cm³/mol. The monoisotopic (exact) mass is 255 g/mol. The molecule has 2 N–H and O–H groups in total. The standard InChI is InChI=1S/C15H17N3O/c19-15(17-12-7-9-16-10-8-12)14-6-5-11-3-1-2-4-13(11)18-14/h1-6,12,16H,7-10H2,(H,17,19). The van der Waals surface area contributed by atoms with Crippen LogP contribution in [0.2, 0.25) is 0 Å². The number of hydrogen-bond donors (Lipinski definition) is 2. The smallest absolute Gasteiger partial charge is 0.270 e. The molecule has 98 valence electrons. The van der Waals surface area contributed by atoms with Gasteiger partial charge in [-0.1, -0.05) is 24.3 Å². The van der Waals surface area contributed by atoms with E-state index in [1.54, 1.807) is 6.07 Å². The molecule has 1 saturated heterocycles. The molecule has 4 heteroatoms. The van der Waals surface area contributed by atoms with Gasteiger partial charge >= 0.3 is 0 Å². The Morgan fingerprint density at radius 2 is 1.95 bits per heavy atom. The largest absolute Gasteiger partial charge is 0.348 e. The fraction of sp³-hybridized carbons (Fsp3) is 0.333. The third-order valence-corrected chi connectivity index (χ3v) is 3.51. The summed E-state index contributed by atoms with van der Waals surface area (Å²) in [6.45, 7) is 1.94. The van der Waals surface area contributed by atoms with Crippen LogP contribution in [-0.2, 0) is 0 Å². The summed E-state index contributed by atoms with van der Waals surface area (Å²) >= 11 is 0. The molecule has 1 aromatic heterocycles. The molecule has 1 aromatic carbocycles. The molecule has 0 saturated carbocycles. The summed E-state index contributed by atoms with van der Waals surface area (Å²) < 4.78 is 0. The number of amides is 1. The second-order valence-electron chi connectivity index (χ2n) is 4.89. The van der Waals surface area contributed by atoms with Gasteiger partial charge in [-0.2, -0.15) is 0 Å². The van der Waals surface area contributed by atoms with Crippen molar-refractivity contribution in [2.45, 2.75) is 18.9 Å². The molecular weight excluding hydrogens is 238 g/mol. The minimum absolute atomic E-state index is 0.0716. The van der Waals surface area contributed by atoms with Gasteiger partial charge in [0.15, 0.2) is 0 Å². The van der Waals surface area contributed by atoms with Crippen LogP contribution in [0.25, 0.3) is 10.9 Å². The third-order valence-electron chi connectivity index (χ3n) is 3.51. The molecule has 1 aliphatic rings. The molecule has 0 unspecified atom stereocenters. The van der Waals surface area contributed by atoms with Crippen molar-refractivity contribution in [1.29, 1.82) is 0 Å². The lowest BCUT2D eigenvalue weighted by atomic mass is 10.1. The Hall–Kier alpha value is -1.94. The van der Waals surface area contributed by atoms with E-state index >= 15 is 0 Å². The number of rotatable bonds is 2. The maximum atomic E-state index is 12.2. The van der Waals surface area contributed by atoms with Crippen molar-refractivity contribution in [3.05, 3.63) is 42.1 Å². The lowest BCUT2D eigenvalue weighted by Gasteiger charge is -2.23. The zero-order chi connectivity index (χ0) is 13.1. The van der Waals surface area contributed by atoms with Crippen LogP contribution in [0.3, 0.4) is 0 Å². The summed E-state index contributed by atoms with van der Waals surface area (Å²) in [6.07, 6.45) is 1.97. The molecule has 0 bridgehead atoms. The second kappa shape index (κ2) is 5.36. The van der Waals surface area contributed by atoms with E-state index in [0.717, 1.165) is 36.8 Å². The van der Waals surface area contributed by atoms with E-state index in [9.17, 15) is 4.79 Å². The zero-order valence-electron chi connectivity index (χ0n) is 10.7. The molecule has 3 rings (SSSR count). The molecule has 0 spiro atoms. The van der Waals surface area contributed by atoms with Gasteiger partial charge in [0.05, 0.1) is 5.52 Å². The number of piperidine rings is 1. The number of nitrogens with one attached hydrogen (secondary N) is 2. The van der Waals surface area contributed by atoms with Crippen molar-refractivity contribution in [2.75, 3.05) is 13.1 Å². The van der Waals surface area contributed by atoms with Crippen molar-refractivity contribution in [3.8, 4) is 0 Å². The van der Waals surface area contributed by atoms with Crippen molar-refractivity contribution in [3.63, 3.8) is 0 Å². The molecule has 19 heavy (non-hydrogen) atoms. The van der Waals surface area contributed by atoms with Gasteiger partial charge in [-0.05, 0) is 38.1 Å². The Morgan fingerprint density at radius 3 is 2.79 bits per heavy atom. The predicted octanol–water partition coefficient (Wildman–Crippen LogP) is 1.72. The van der Waals surface area contributed by atoms with Crippen LogP contribution in [0.5, 0.6) is 0 Å². The SMILES string of the molecule is O=C(NC1CCNCC1)c1ccc2ccccc2n1. The summed E-state index contributed by atoms with van der Waals surface area (Å²) in [6, 6.07) is 11.8. The molecule has 0 atom stereocenters. The number of para-hydroxylation sites is 1. The van der Waals surface area contributed by atoms with Crippen LogP contribution >= 0.6 is 0 Å². The van der Waals surface area contributed by atoms with E-state index in [-0.39, 0.29) is 11.9 Å². The Morgan fingerprint density at radius 1 is 1.16 bits per heavy atom. The van der Waals surface area contributed by atoms with Gasteiger partial charge in [0.2, 0.25) is 0 Å². The lowest BCUT2D eigenvalue weighted by Crippen LogP contribution is -2.42. The Labute approximate surface area is 112 Å². The molecule has 4 nitrogen and oxygen atoms in total. The number of pyridine rings is 1. The van der Waals surface area contributed by atoms with Crippen molar-refractivity contribution < 1.29 is 4.79 Å². The Bertz CT molecular complexity index is 591. The number of nitrogens with zero attached hydrogens (tertiary/aromatic N) is 1. The normalized spacial score (nSPS) is 16.4. The second-order valence-corrected chi connectivity index (χ2v) is 4.89. The first-order chi connectivity index (χ1) is 9.33. The highest BCUT2D eigenvalue weighted by Crippen LogP contribution is 2.12. The van der Waals surface area contributed by atoms with Crippen LogP contribution in [0.4, 0.5) is 0 Å². The maximum absolute atomic E-state index is 12.2. The summed E-state index contributed by atoms with van der Waals surface area (Å²) in [5, 5.41) is 7.40. The van der Waals surface area contributed by atoms with Crippen molar-refractivity contribution in [1.82, 2.24) is 15.6 Å². The van der Waals surface area contributed by atoms with E-state index in [2.05, 4.69) is 15.6 Å². The maximum Gasteiger partial charge on any atom is 0.270 e. The van der Waals surface area contributed by atoms with E-state index in [1.807, 2.05) is 30.3 Å². The van der Waals surface area contributed by atoms with E-state index in [4.69, 9.17) is 0 Å². The van der Waals surface area contributed by atoms with Crippen LogP contribution in [-0.4, -0.2) is 30.0 Å². The number of fused-ring (bicyclic) bond motifs is 1. The summed E-state index contributed by atoms with van der Waals surface area (Å²) in [4.78, 5) is 16.6. The van der Waals surface area contributed by atoms with Gasteiger partial charge in [0.1, 0.15) is 5.69 Å². The lowest BCUT2D eigenvalue weighted by molar-refractivity contribution is 0.0925. The van der Waals surface area contributed by atoms with Gasteiger partial charge < -0.3 is 10.6 Å². The number of carbonyl (C=O) groups is 1. The van der Waals surface area contributed by atoms with Gasteiger partial charge in [0, 0.05) is 11.4 Å². The quantitative estimate of drug-likeness (QED) is 0.859. The minimum atomic E-state index is -0.0716. The van der Waals surface area contributed by atoms with E-state index in [1.165, 1.54) is 0 Å². The van der Waals surface area contributed by atoms with Gasteiger partial charge in [-0.25, -0.2) is 4.98 Å². The van der Waals surface area contributed by atoms with Crippen LogP contribution in [0.1, 0.15) is 23.3 Å². The Kier molecular flexibility index (Phi) is 3.42. The molecule has 0 aliphatic carbocycles. The Balaban J connectivity index is 1.77. The fourth-order valence-corrected chi connectivity index (χ4v) is 2.42. The van der Waals surface area contributed by atoms with Crippen LogP contribution in [0.15, 0.2) is 36.4 Å². The van der Waals surface area contributed by atoms with E-state index in [0.29, 0.717) is 5.69 Å². The average Bonchev–Trinajstić information content (AvgIpc) is 2.48. The topological polar surface area (TPSA) is 54.0 Å². The molecule has 1 fully saturated rings. The van der Waals surface area contributed by atoms with Crippen LogP contribution < -0.4 is 10.6 Å². The van der Waals surface area contributed by atoms with Crippen molar-refractivity contribution >= 4 is 16.8 Å². The molecular formula is C15H17N3O. The highest BCUT2D eigenvalue weighted by Gasteiger charge is 2.17. The highest BCUT2D eigenvalue weighted by molar-refractivity contribution is 5.95. The number of benzene rings is 1. The molecule has 1 amide bonds. The molecule has 0 radical (unpaired) electrons. The number of carbonyl (C=O) groups excluding carboxylic acids is 1. The summed E-state index contributed by atoms with van der Waals surface area (Å²) in [5.41, 5.74) is 1.36. The van der Waals surface area contributed by atoms with Gasteiger partial charge in [-0.15, -0.1) is 0 Å². The fourth-order valence-electron chi connectivity index (χ4n) is 2.42. The van der Waals surface area contributed by atoms with Crippen molar-refractivity contribution in [2.24, 2.45) is 0 Å². The summed E-state index contributed by atoms with van der Waals surface area (Å²) in [5.74, 6) is -0.0716.